The van der Waals surface area contributed by atoms with Crippen LogP contribution in [0.4, 0.5) is 0 Å². The van der Waals surface area contributed by atoms with Crippen molar-refractivity contribution >= 4 is 5.97 Å². The molecule has 7 heteroatoms. The molecule has 5 N–H and O–H groups in total. The van der Waals surface area contributed by atoms with Crippen LogP contribution >= 0.6 is 0 Å². The molecule has 7 nitrogen and oxygen atoms in total. The van der Waals surface area contributed by atoms with E-state index >= 15 is 0 Å². The summed E-state index contributed by atoms with van der Waals surface area (Å²) in [6.45, 7) is 9.02. The van der Waals surface area contributed by atoms with Crippen molar-refractivity contribution in [2.75, 3.05) is 0 Å². The van der Waals surface area contributed by atoms with E-state index in [2.05, 4.69) is 0 Å². The summed E-state index contributed by atoms with van der Waals surface area (Å²) in [4.78, 5) is 12.5. The molecule has 1 spiro atoms. The topological polar surface area (TPSA) is 127 Å². The lowest BCUT2D eigenvalue weighted by Gasteiger charge is -2.54. The van der Waals surface area contributed by atoms with E-state index in [9.17, 15) is 30.3 Å². The van der Waals surface area contributed by atoms with Crippen molar-refractivity contribution in [3.05, 3.63) is 0 Å². The molecule has 0 saturated heterocycles. The van der Waals surface area contributed by atoms with Crippen LogP contribution in [0.1, 0.15) is 79.6 Å². The fraction of sp³-hybridized carbons (Fsp3) is 0.958. The number of aliphatic hydroxyl groups excluding tert-OH is 2. The summed E-state index contributed by atoms with van der Waals surface area (Å²) in [6.07, 6.45) is -0.514. The summed E-state index contributed by atoms with van der Waals surface area (Å²) in [5.41, 5.74) is -6.14. The fourth-order valence-electron chi connectivity index (χ4n) is 8.27. The molecule has 0 amide bonds. The molecule has 178 valence electrons. The average Bonchev–Trinajstić information content (AvgIpc) is 2.92. The third-order valence-electron chi connectivity index (χ3n) is 10.1. The zero-order valence-electron chi connectivity index (χ0n) is 19.5. The minimum atomic E-state index is -1.60. The molecule has 0 aromatic heterocycles. The molecular formula is C24H40O7. The second-order valence-corrected chi connectivity index (χ2v) is 11.8. The molecule has 0 aliphatic heterocycles. The third-order valence-corrected chi connectivity index (χ3v) is 10.1. The van der Waals surface area contributed by atoms with Crippen molar-refractivity contribution in [2.24, 2.45) is 28.6 Å². The smallest absolute Gasteiger partial charge is 0.306 e. The molecule has 0 aromatic rings. The minimum absolute atomic E-state index is 0.00765. The van der Waals surface area contributed by atoms with Gasteiger partial charge in [-0.2, -0.15) is 0 Å². The van der Waals surface area contributed by atoms with Gasteiger partial charge in [0.1, 0.15) is 11.7 Å². The Morgan fingerprint density at radius 1 is 1.06 bits per heavy atom. The van der Waals surface area contributed by atoms with Gasteiger partial charge in [-0.1, -0.05) is 27.7 Å². The first-order valence-electron chi connectivity index (χ1n) is 11.9. The molecule has 31 heavy (non-hydrogen) atoms. The Morgan fingerprint density at radius 2 is 1.71 bits per heavy atom. The summed E-state index contributed by atoms with van der Waals surface area (Å²) >= 11 is 0. The molecule has 4 fully saturated rings. The summed E-state index contributed by atoms with van der Waals surface area (Å²) < 4.78 is 5.96. The first-order valence-corrected chi connectivity index (χ1v) is 11.9. The molecular weight excluding hydrogens is 400 g/mol. The van der Waals surface area contributed by atoms with Crippen molar-refractivity contribution in [2.45, 2.75) is 115 Å². The van der Waals surface area contributed by atoms with Crippen LogP contribution in [0.3, 0.4) is 0 Å². The second kappa shape index (κ2) is 6.89. The van der Waals surface area contributed by atoms with Gasteiger partial charge in [-0.05, 0) is 57.3 Å². The molecule has 4 saturated carbocycles. The number of rotatable bonds is 3. The van der Waals surface area contributed by atoms with Crippen molar-refractivity contribution < 1.29 is 35.1 Å². The SMILES string of the molecule is CCCC(=O)OC1[C@@H]2CC[C@@]3(O)[C@H](C)[C@@H]4C[C@H](O)C(C)(C)[C@@]4(O)[C@H](O)CC13C[C@@]2(C)O. The highest BCUT2D eigenvalue weighted by Gasteiger charge is 2.78. The van der Waals surface area contributed by atoms with Gasteiger partial charge in [0.15, 0.2) is 0 Å². The largest absolute Gasteiger partial charge is 0.461 e. The van der Waals surface area contributed by atoms with Crippen molar-refractivity contribution in [3.8, 4) is 0 Å². The van der Waals surface area contributed by atoms with Crippen LogP contribution in [0.15, 0.2) is 0 Å². The van der Waals surface area contributed by atoms with Crippen LogP contribution in [0.5, 0.6) is 0 Å². The van der Waals surface area contributed by atoms with Crippen LogP contribution in [-0.2, 0) is 9.53 Å². The first kappa shape index (κ1) is 23.4. The van der Waals surface area contributed by atoms with E-state index in [1.807, 2.05) is 13.8 Å². The van der Waals surface area contributed by atoms with Crippen LogP contribution in [-0.4, -0.2) is 66.6 Å². The highest BCUT2D eigenvalue weighted by Crippen LogP contribution is 2.70. The monoisotopic (exact) mass is 440 g/mol. The van der Waals surface area contributed by atoms with E-state index in [0.29, 0.717) is 19.3 Å². The summed E-state index contributed by atoms with van der Waals surface area (Å²) in [5.74, 6) is -1.68. The van der Waals surface area contributed by atoms with Crippen LogP contribution < -0.4 is 0 Å². The zero-order chi connectivity index (χ0) is 23.2. The second-order valence-electron chi connectivity index (χ2n) is 11.8. The Kier molecular flexibility index (Phi) is 5.21. The maximum Gasteiger partial charge on any atom is 0.306 e. The standard InChI is InChI=1S/C24H40O7/c1-6-7-18(27)31-19-14-8-9-23(29)13(2)15-10-16(25)20(3,4)24(15,30)17(26)11-22(19,23)12-21(14,5)28/h13-17,19,25-26,28-30H,6-12H2,1-5H3/t13-,14+,15+,16+,17-,19?,21-,22?,23-,24+/m1/s1. The van der Waals surface area contributed by atoms with Crippen molar-refractivity contribution in [1.29, 1.82) is 0 Å². The summed E-state index contributed by atoms with van der Waals surface area (Å²) in [6, 6.07) is 0. The van der Waals surface area contributed by atoms with E-state index in [0.717, 1.165) is 0 Å². The van der Waals surface area contributed by atoms with E-state index in [-0.39, 0.29) is 37.6 Å². The lowest BCUT2D eigenvalue weighted by Crippen LogP contribution is -2.61. The Labute approximate surface area is 184 Å². The number of esters is 1. The average molecular weight is 441 g/mol. The minimum Gasteiger partial charge on any atom is -0.461 e. The quantitative estimate of drug-likeness (QED) is 0.421. The number of fused-ring (bicyclic) bond motifs is 2. The predicted octanol–water partition coefficient (Wildman–Crippen LogP) is 1.52. The van der Waals surface area contributed by atoms with Gasteiger partial charge in [-0.15, -0.1) is 0 Å². The Hall–Kier alpha value is -0.730. The van der Waals surface area contributed by atoms with Crippen LogP contribution in [0.2, 0.25) is 0 Å². The van der Waals surface area contributed by atoms with Gasteiger partial charge in [0.25, 0.3) is 0 Å². The van der Waals surface area contributed by atoms with Gasteiger partial charge in [0.2, 0.25) is 0 Å². The fourth-order valence-corrected chi connectivity index (χ4v) is 8.27. The van der Waals surface area contributed by atoms with E-state index in [4.69, 9.17) is 4.74 Å². The van der Waals surface area contributed by atoms with Gasteiger partial charge in [0.05, 0.1) is 23.4 Å². The molecule has 4 aliphatic carbocycles. The lowest BCUT2D eigenvalue weighted by atomic mass is 9.56. The number of aliphatic hydroxyl groups is 5. The van der Waals surface area contributed by atoms with E-state index in [1.165, 1.54) is 0 Å². The highest BCUT2D eigenvalue weighted by atomic mass is 16.5. The Balaban J connectivity index is 1.86. The normalized spacial score (nSPS) is 55.3. The third kappa shape index (κ3) is 2.73. The molecule has 10 atom stereocenters. The highest BCUT2D eigenvalue weighted by molar-refractivity contribution is 5.69. The van der Waals surface area contributed by atoms with E-state index in [1.54, 1.807) is 20.8 Å². The van der Waals surface area contributed by atoms with Gasteiger partial charge in [0, 0.05) is 23.2 Å². The van der Waals surface area contributed by atoms with Crippen LogP contribution in [0, 0.1) is 28.6 Å². The van der Waals surface area contributed by atoms with Crippen molar-refractivity contribution in [3.63, 3.8) is 0 Å². The number of hydrogen-bond donors (Lipinski definition) is 5. The molecule has 0 radical (unpaired) electrons. The summed E-state index contributed by atoms with van der Waals surface area (Å²) in [7, 11) is 0. The number of hydrogen-bond acceptors (Lipinski definition) is 7. The number of carbonyl (C=O) groups is 1. The van der Waals surface area contributed by atoms with Crippen LogP contribution in [0.25, 0.3) is 0 Å². The molecule has 4 aliphatic rings. The molecule has 2 bridgehead atoms. The number of carbonyl (C=O) groups excluding carboxylic acids is 1. The first-order chi connectivity index (χ1) is 14.2. The summed E-state index contributed by atoms with van der Waals surface area (Å²) in [5, 5.41) is 57.7. The molecule has 4 rings (SSSR count). The Morgan fingerprint density at radius 3 is 2.32 bits per heavy atom. The molecule has 0 aromatic carbocycles. The van der Waals surface area contributed by atoms with Gasteiger partial charge in [-0.25, -0.2) is 0 Å². The van der Waals surface area contributed by atoms with Gasteiger partial charge in [-0.3, -0.25) is 4.79 Å². The van der Waals surface area contributed by atoms with Gasteiger partial charge >= 0.3 is 5.97 Å². The maximum absolute atomic E-state index is 12.5. The number of ether oxygens (including phenoxy) is 1. The predicted molar refractivity (Wildman–Crippen MR) is 113 cm³/mol. The van der Waals surface area contributed by atoms with E-state index < -0.39 is 57.8 Å². The maximum atomic E-state index is 12.5. The van der Waals surface area contributed by atoms with Crippen molar-refractivity contribution in [1.82, 2.24) is 0 Å². The Bertz CT molecular complexity index is 750. The van der Waals surface area contributed by atoms with Gasteiger partial charge < -0.3 is 30.3 Å². The molecule has 0 heterocycles. The molecule has 2 unspecified atom stereocenters. The lowest BCUT2D eigenvalue weighted by molar-refractivity contribution is -0.216. The zero-order valence-corrected chi connectivity index (χ0v) is 19.5.